The Bertz CT molecular complexity index is 669. The van der Waals surface area contributed by atoms with Crippen molar-refractivity contribution in [2.75, 3.05) is 0 Å². The van der Waals surface area contributed by atoms with Crippen molar-refractivity contribution in [1.29, 1.82) is 0 Å². The van der Waals surface area contributed by atoms with E-state index in [1.54, 1.807) is 12.1 Å². The lowest BCUT2D eigenvalue weighted by Crippen LogP contribution is -2.03. The molecule has 0 radical (unpaired) electrons. The van der Waals surface area contributed by atoms with Crippen molar-refractivity contribution >= 4 is 21.9 Å². The maximum atomic E-state index is 10.9. The second-order valence-corrected chi connectivity index (χ2v) is 5.97. The minimum absolute atomic E-state index is 0.233. The molecule has 0 saturated carbocycles. The van der Waals surface area contributed by atoms with Gasteiger partial charge in [-0.3, -0.25) is 0 Å². The highest BCUT2D eigenvalue weighted by Crippen LogP contribution is 2.28. The molecule has 1 N–H and O–H groups in total. The average molecular weight is 349 g/mol. The van der Waals surface area contributed by atoms with E-state index in [0.717, 1.165) is 5.56 Å². The van der Waals surface area contributed by atoms with E-state index in [2.05, 4.69) is 48.8 Å². The third-order valence-electron chi connectivity index (χ3n) is 3.39. The highest BCUT2D eigenvalue weighted by Gasteiger charge is 2.09. The molecule has 0 unspecified atom stereocenters. The molecule has 0 aromatic heterocycles. The molecular formula is C17H17BrO3. The minimum Gasteiger partial charge on any atom is -0.488 e. The second-order valence-electron chi connectivity index (χ2n) is 5.12. The fourth-order valence-corrected chi connectivity index (χ4v) is 2.83. The molecule has 0 aliphatic carbocycles. The van der Waals surface area contributed by atoms with Crippen molar-refractivity contribution in [2.24, 2.45) is 0 Å². The largest absolute Gasteiger partial charge is 0.488 e. The van der Waals surface area contributed by atoms with Crippen LogP contribution in [0.5, 0.6) is 5.75 Å². The minimum atomic E-state index is -0.951. The van der Waals surface area contributed by atoms with Crippen LogP contribution in [0.1, 0.15) is 32.6 Å². The lowest BCUT2D eigenvalue weighted by atomic mass is 10.0. The van der Waals surface area contributed by atoms with Crippen molar-refractivity contribution in [3.8, 4) is 5.75 Å². The zero-order valence-electron chi connectivity index (χ0n) is 12.2. The third-order valence-corrected chi connectivity index (χ3v) is 4.01. The standard InChI is InChI=1S/C17H17BrO3/c1-10-6-11(2)14(12(3)7-10)9-21-16-5-4-13(17(19)20)8-15(16)18/h4-8H,9H2,1-3H3,(H,19,20). The van der Waals surface area contributed by atoms with Gasteiger partial charge in [0, 0.05) is 0 Å². The van der Waals surface area contributed by atoms with Gasteiger partial charge in [0.2, 0.25) is 0 Å². The van der Waals surface area contributed by atoms with Gasteiger partial charge in [0.15, 0.2) is 0 Å². The number of carboxylic acids is 1. The SMILES string of the molecule is Cc1cc(C)c(COc2ccc(C(=O)O)cc2Br)c(C)c1. The van der Waals surface area contributed by atoms with E-state index >= 15 is 0 Å². The summed E-state index contributed by atoms with van der Waals surface area (Å²) in [7, 11) is 0. The van der Waals surface area contributed by atoms with Crippen LogP contribution in [-0.4, -0.2) is 11.1 Å². The lowest BCUT2D eigenvalue weighted by molar-refractivity contribution is 0.0696. The maximum absolute atomic E-state index is 10.9. The number of hydrogen-bond acceptors (Lipinski definition) is 2. The Morgan fingerprint density at radius 2 is 1.76 bits per heavy atom. The number of hydrogen-bond donors (Lipinski definition) is 1. The van der Waals surface area contributed by atoms with Crippen LogP contribution in [-0.2, 0) is 6.61 Å². The Hall–Kier alpha value is -1.81. The zero-order valence-corrected chi connectivity index (χ0v) is 13.8. The van der Waals surface area contributed by atoms with E-state index < -0.39 is 5.97 Å². The average Bonchev–Trinajstić information content (AvgIpc) is 2.38. The highest BCUT2D eigenvalue weighted by molar-refractivity contribution is 9.10. The van der Waals surface area contributed by atoms with E-state index in [9.17, 15) is 4.79 Å². The van der Waals surface area contributed by atoms with E-state index in [-0.39, 0.29) is 5.56 Å². The van der Waals surface area contributed by atoms with Gasteiger partial charge in [-0.2, -0.15) is 0 Å². The molecule has 0 saturated heterocycles. The first-order valence-corrected chi connectivity index (χ1v) is 7.40. The summed E-state index contributed by atoms with van der Waals surface area (Å²) in [5, 5.41) is 8.95. The number of aromatic carboxylic acids is 1. The summed E-state index contributed by atoms with van der Waals surface area (Å²) in [4.78, 5) is 10.9. The molecule has 0 bridgehead atoms. The van der Waals surface area contributed by atoms with Crippen molar-refractivity contribution in [2.45, 2.75) is 27.4 Å². The van der Waals surface area contributed by atoms with Gasteiger partial charge in [-0.05, 0) is 71.6 Å². The Kier molecular flexibility index (Phi) is 4.68. The molecule has 0 aliphatic heterocycles. The number of halogens is 1. The maximum Gasteiger partial charge on any atom is 0.335 e. The third kappa shape index (κ3) is 3.64. The molecule has 0 spiro atoms. The van der Waals surface area contributed by atoms with Crippen LogP contribution in [0.4, 0.5) is 0 Å². The van der Waals surface area contributed by atoms with Gasteiger partial charge in [-0.1, -0.05) is 17.7 Å². The Labute approximate surface area is 132 Å². The van der Waals surface area contributed by atoms with Gasteiger partial charge in [0.05, 0.1) is 10.0 Å². The van der Waals surface area contributed by atoms with Crippen LogP contribution in [0.25, 0.3) is 0 Å². The van der Waals surface area contributed by atoms with Crippen molar-refractivity contribution in [1.82, 2.24) is 0 Å². The topological polar surface area (TPSA) is 46.5 Å². The fourth-order valence-electron chi connectivity index (χ4n) is 2.34. The van der Waals surface area contributed by atoms with Crippen LogP contribution in [0.15, 0.2) is 34.8 Å². The summed E-state index contributed by atoms with van der Waals surface area (Å²) in [6.45, 7) is 6.68. The van der Waals surface area contributed by atoms with E-state index in [1.807, 2.05) is 0 Å². The monoisotopic (exact) mass is 348 g/mol. The molecule has 110 valence electrons. The Balaban J connectivity index is 2.19. The van der Waals surface area contributed by atoms with Gasteiger partial charge in [0.25, 0.3) is 0 Å². The molecule has 21 heavy (non-hydrogen) atoms. The summed E-state index contributed by atoms with van der Waals surface area (Å²) in [6.07, 6.45) is 0. The zero-order chi connectivity index (χ0) is 15.6. The number of aryl methyl sites for hydroxylation is 3. The van der Waals surface area contributed by atoms with Crippen molar-refractivity contribution in [3.05, 3.63) is 62.6 Å². The van der Waals surface area contributed by atoms with E-state index in [4.69, 9.17) is 9.84 Å². The second kappa shape index (κ2) is 6.31. The molecule has 3 nitrogen and oxygen atoms in total. The molecule has 4 heteroatoms. The number of carboxylic acid groups (broad SMARTS) is 1. The summed E-state index contributed by atoms with van der Waals surface area (Å²) in [5.74, 6) is -0.313. The summed E-state index contributed by atoms with van der Waals surface area (Å²) in [5.41, 5.74) is 5.03. The quantitative estimate of drug-likeness (QED) is 0.874. The smallest absolute Gasteiger partial charge is 0.335 e. The Morgan fingerprint density at radius 3 is 2.29 bits per heavy atom. The van der Waals surface area contributed by atoms with Crippen LogP contribution in [0.2, 0.25) is 0 Å². The van der Waals surface area contributed by atoms with Gasteiger partial charge in [-0.15, -0.1) is 0 Å². The molecule has 2 rings (SSSR count). The van der Waals surface area contributed by atoms with Crippen LogP contribution >= 0.6 is 15.9 Å². The van der Waals surface area contributed by atoms with Crippen LogP contribution in [0.3, 0.4) is 0 Å². The lowest BCUT2D eigenvalue weighted by Gasteiger charge is -2.14. The molecule has 0 fully saturated rings. The molecule has 0 heterocycles. The van der Waals surface area contributed by atoms with Gasteiger partial charge < -0.3 is 9.84 Å². The molecule has 0 aliphatic rings. The number of benzene rings is 2. The predicted molar refractivity (Wildman–Crippen MR) is 86.1 cm³/mol. The van der Waals surface area contributed by atoms with Gasteiger partial charge in [-0.25, -0.2) is 4.79 Å². The van der Waals surface area contributed by atoms with Crippen LogP contribution in [0, 0.1) is 20.8 Å². The van der Waals surface area contributed by atoms with Crippen molar-refractivity contribution < 1.29 is 14.6 Å². The first-order chi connectivity index (χ1) is 9.88. The molecular weight excluding hydrogens is 332 g/mol. The summed E-state index contributed by atoms with van der Waals surface area (Å²) in [6, 6.07) is 9.03. The number of ether oxygens (including phenoxy) is 1. The summed E-state index contributed by atoms with van der Waals surface area (Å²) >= 11 is 3.35. The number of carbonyl (C=O) groups is 1. The van der Waals surface area contributed by atoms with Gasteiger partial charge >= 0.3 is 5.97 Å². The Morgan fingerprint density at radius 1 is 1.14 bits per heavy atom. The van der Waals surface area contributed by atoms with E-state index in [0.29, 0.717) is 16.8 Å². The van der Waals surface area contributed by atoms with Crippen LogP contribution < -0.4 is 4.74 Å². The number of rotatable bonds is 4. The summed E-state index contributed by atoms with van der Waals surface area (Å²) < 4.78 is 6.46. The fraction of sp³-hybridized carbons (Fsp3) is 0.235. The van der Waals surface area contributed by atoms with Gasteiger partial charge in [0.1, 0.15) is 12.4 Å². The van der Waals surface area contributed by atoms with Crippen molar-refractivity contribution in [3.63, 3.8) is 0 Å². The predicted octanol–water partition coefficient (Wildman–Crippen LogP) is 4.65. The van der Waals surface area contributed by atoms with E-state index in [1.165, 1.54) is 22.8 Å². The first kappa shape index (κ1) is 15.6. The normalized spacial score (nSPS) is 10.5. The molecule has 2 aromatic rings. The first-order valence-electron chi connectivity index (χ1n) is 6.61. The molecule has 0 amide bonds. The highest BCUT2D eigenvalue weighted by atomic mass is 79.9. The molecule has 2 aromatic carbocycles. The molecule has 0 atom stereocenters.